The molecule has 0 spiro atoms. The fourth-order valence-corrected chi connectivity index (χ4v) is 3.06. The fourth-order valence-electron chi connectivity index (χ4n) is 3.06. The molecule has 0 saturated heterocycles. The summed E-state index contributed by atoms with van der Waals surface area (Å²) in [5.74, 6) is 2.20. The van der Waals surface area contributed by atoms with Crippen LogP contribution in [0.15, 0.2) is 42.5 Å². The Morgan fingerprint density at radius 2 is 1.96 bits per heavy atom. The first kappa shape index (κ1) is 16.8. The molecule has 0 bridgehead atoms. The van der Waals surface area contributed by atoms with E-state index in [0.29, 0.717) is 12.2 Å². The van der Waals surface area contributed by atoms with Crippen molar-refractivity contribution < 1.29 is 9.66 Å². The van der Waals surface area contributed by atoms with E-state index in [1.54, 1.807) is 19.2 Å². The van der Waals surface area contributed by atoms with E-state index in [1.807, 2.05) is 35.9 Å². The van der Waals surface area contributed by atoms with Gasteiger partial charge in [0.15, 0.2) is 11.6 Å². The Morgan fingerprint density at radius 3 is 2.63 bits per heavy atom. The zero-order chi connectivity index (χ0) is 19.0. The van der Waals surface area contributed by atoms with Gasteiger partial charge in [-0.3, -0.25) is 15.5 Å². The third-order valence-corrected chi connectivity index (χ3v) is 4.48. The first-order valence-corrected chi connectivity index (χ1v) is 8.47. The molecule has 136 valence electrons. The molecular formula is C19H17N5O3. The molecule has 0 saturated carbocycles. The summed E-state index contributed by atoms with van der Waals surface area (Å²) in [7, 11) is 1.62. The van der Waals surface area contributed by atoms with Crippen LogP contribution in [-0.4, -0.2) is 26.9 Å². The molecule has 1 aliphatic rings. The fraction of sp³-hybridized carbons (Fsp3) is 0.158. The molecular weight excluding hydrogens is 346 g/mol. The van der Waals surface area contributed by atoms with Crippen LogP contribution in [0.25, 0.3) is 11.8 Å². The van der Waals surface area contributed by atoms with Gasteiger partial charge in [-0.15, -0.1) is 10.2 Å². The predicted molar refractivity (Wildman–Crippen MR) is 100 cm³/mol. The number of aryl methyl sites for hydroxylation is 1. The highest BCUT2D eigenvalue weighted by atomic mass is 16.6. The van der Waals surface area contributed by atoms with E-state index in [4.69, 9.17) is 4.74 Å². The lowest BCUT2D eigenvalue weighted by atomic mass is 10.1. The van der Waals surface area contributed by atoms with Crippen LogP contribution < -0.4 is 20.6 Å². The van der Waals surface area contributed by atoms with Crippen molar-refractivity contribution in [2.75, 3.05) is 12.5 Å². The van der Waals surface area contributed by atoms with Gasteiger partial charge in [0.25, 0.3) is 5.69 Å². The number of nitro benzene ring substituents is 1. The lowest BCUT2D eigenvalue weighted by Crippen LogP contribution is -2.30. The zero-order valence-corrected chi connectivity index (χ0v) is 14.8. The van der Waals surface area contributed by atoms with E-state index >= 15 is 0 Å². The number of nitrogens with one attached hydrogen (secondary N) is 1. The van der Waals surface area contributed by atoms with Crippen LogP contribution in [0.4, 0.5) is 5.69 Å². The number of methoxy groups -OCH3 is 1. The standard InChI is InChI=1S/C19H17N5O3/c1-3-17-20-21-18-10-13-6-9-15(27-2)11-16(13)19(22-23(17)18)12-4-7-14(8-5-12)24(25)26/h4-11,22H,3H2,1-2H3. The minimum Gasteiger partial charge on any atom is -0.497 e. The molecule has 27 heavy (non-hydrogen) atoms. The minimum atomic E-state index is -0.410. The van der Waals surface area contributed by atoms with Gasteiger partial charge in [0, 0.05) is 29.3 Å². The minimum absolute atomic E-state index is 0.0460. The normalized spacial score (nSPS) is 12.3. The molecule has 8 nitrogen and oxygen atoms in total. The van der Waals surface area contributed by atoms with Gasteiger partial charge in [0.2, 0.25) is 0 Å². The second-order valence-corrected chi connectivity index (χ2v) is 6.05. The SMILES string of the molecule is CCc1nnc2n1NC(c1ccc([N+](=O)[O-])cc1)=c1cc(OC)ccc1=C2. The molecule has 8 heteroatoms. The van der Waals surface area contributed by atoms with Gasteiger partial charge in [0.1, 0.15) is 5.75 Å². The Kier molecular flexibility index (Phi) is 4.08. The first-order valence-electron chi connectivity index (χ1n) is 8.47. The number of nitro groups is 1. The molecule has 0 fully saturated rings. The summed E-state index contributed by atoms with van der Waals surface area (Å²) in [4.78, 5) is 10.6. The predicted octanol–water partition coefficient (Wildman–Crippen LogP) is 1.30. The molecule has 0 amide bonds. The van der Waals surface area contributed by atoms with E-state index in [2.05, 4.69) is 15.6 Å². The number of hydrogen-bond acceptors (Lipinski definition) is 6. The van der Waals surface area contributed by atoms with E-state index in [-0.39, 0.29) is 5.69 Å². The molecule has 0 radical (unpaired) electrons. The number of ether oxygens (including phenoxy) is 1. The van der Waals surface area contributed by atoms with E-state index in [0.717, 1.165) is 33.3 Å². The maximum atomic E-state index is 11.0. The molecule has 0 aliphatic carbocycles. The summed E-state index contributed by atoms with van der Waals surface area (Å²) in [6, 6.07) is 12.2. The number of benzene rings is 2. The Labute approximate surface area is 154 Å². The highest BCUT2D eigenvalue weighted by Gasteiger charge is 2.16. The summed E-state index contributed by atoms with van der Waals surface area (Å²) >= 11 is 0. The van der Waals surface area contributed by atoms with Crippen LogP contribution in [0.2, 0.25) is 0 Å². The van der Waals surface area contributed by atoms with Gasteiger partial charge in [-0.05, 0) is 35.6 Å². The third-order valence-electron chi connectivity index (χ3n) is 4.48. The Balaban J connectivity index is 1.99. The largest absolute Gasteiger partial charge is 0.497 e. The quantitative estimate of drug-likeness (QED) is 0.555. The van der Waals surface area contributed by atoms with E-state index < -0.39 is 4.92 Å². The maximum Gasteiger partial charge on any atom is 0.269 e. The highest BCUT2D eigenvalue weighted by Crippen LogP contribution is 2.18. The molecule has 4 rings (SSSR count). The van der Waals surface area contributed by atoms with Gasteiger partial charge < -0.3 is 4.74 Å². The van der Waals surface area contributed by atoms with Crippen molar-refractivity contribution in [3.05, 3.63) is 80.2 Å². The molecule has 0 unspecified atom stereocenters. The molecule has 0 atom stereocenters. The molecule has 2 heterocycles. The van der Waals surface area contributed by atoms with Crippen molar-refractivity contribution in [1.82, 2.24) is 14.9 Å². The summed E-state index contributed by atoms with van der Waals surface area (Å²) < 4.78 is 7.22. The van der Waals surface area contributed by atoms with Crippen molar-refractivity contribution in [3.8, 4) is 5.75 Å². The number of aromatic nitrogens is 3. The summed E-state index contributed by atoms with van der Waals surface area (Å²) in [5, 5.41) is 21.3. The van der Waals surface area contributed by atoms with E-state index in [9.17, 15) is 10.1 Å². The topological polar surface area (TPSA) is 95.1 Å². The van der Waals surface area contributed by atoms with Crippen molar-refractivity contribution in [2.24, 2.45) is 0 Å². The molecule has 1 N–H and O–H groups in total. The Bertz CT molecular complexity index is 1150. The van der Waals surface area contributed by atoms with Crippen LogP contribution >= 0.6 is 0 Å². The lowest BCUT2D eigenvalue weighted by molar-refractivity contribution is -0.384. The number of fused-ring (bicyclic) bond motifs is 2. The number of nitrogens with zero attached hydrogens (tertiary/aromatic N) is 4. The average Bonchev–Trinajstić information content (AvgIpc) is 3.00. The Morgan fingerprint density at radius 1 is 1.19 bits per heavy atom. The number of non-ortho nitro benzene ring substituents is 1. The second kappa shape index (κ2) is 6.56. The van der Waals surface area contributed by atoms with Crippen molar-refractivity contribution in [3.63, 3.8) is 0 Å². The average molecular weight is 363 g/mol. The highest BCUT2D eigenvalue weighted by molar-refractivity contribution is 5.72. The van der Waals surface area contributed by atoms with E-state index in [1.165, 1.54) is 12.1 Å². The molecule has 1 aliphatic heterocycles. The third kappa shape index (κ3) is 2.91. The zero-order valence-electron chi connectivity index (χ0n) is 14.8. The molecule has 1 aromatic heterocycles. The van der Waals surface area contributed by atoms with Crippen molar-refractivity contribution >= 4 is 17.5 Å². The molecule has 3 aromatic rings. The summed E-state index contributed by atoms with van der Waals surface area (Å²) in [6.45, 7) is 2.01. The van der Waals surface area contributed by atoms with Gasteiger partial charge in [-0.2, -0.15) is 0 Å². The van der Waals surface area contributed by atoms with Crippen molar-refractivity contribution in [1.29, 1.82) is 0 Å². The van der Waals surface area contributed by atoms with Gasteiger partial charge in [-0.1, -0.05) is 13.0 Å². The van der Waals surface area contributed by atoms with Crippen molar-refractivity contribution in [2.45, 2.75) is 13.3 Å². The lowest BCUT2D eigenvalue weighted by Gasteiger charge is -2.14. The number of rotatable bonds is 4. The summed E-state index contributed by atoms with van der Waals surface area (Å²) in [5.41, 5.74) is 5.04. The van der Waals surface area contributed by atoms with Crippen LogP contribution in [0, 0.1) is 10.1 Å². The van der Waals surface area contributed by atoms with Gasteiger partial charge in [-0.25, -0.2) is 4.68 Å². The van der Waals surface area contributed by atoms with Gasteiger partial charge >= 0.3 is 0 Å². The second-order valence-electron chi connectivity index (χ2n) is 6.05. The van der Waals surface area contributed by atoms with Crippen LogP contribution in [-0.2, 0) is 6.42 Å². The van der Waals surface area contributed by atoms with Crippen LogP contribution in [0.1, 0.15) is 24.1 Å². The smallest absolute Gasteiger partial charge is 0.269 e. The van der Waals surface area contributed by atoms with Crippen LogP contribution in [0.5, 0.6) is 5.75 Å². The monoisotopic (exact) mass is 363 g/mol. The summed E-state index contributed by atoms with van der Waals surface area (Å²) in [6.07, 6.45) is 2.66. The number of hydrogen-bond donors (Lipinski definition) is 1. The van der Waals surface area contributed by atoms with Crippen LogP contribution in [0.3, 0.4) is 0 Å². The first-order chi connectivity index (χ1) is 13.1. The molecule has 2 aromatic carbocycles. The van der Waals surface area contributed by atoms with Gasteiger partial charge in [0.05, 0.1) is 17.7 Å². The maximum absolute atomic E-state index is 11.0. The Hall–Kier alpha value is -3.68.